The molecule has 0 radical (unpaired) electrons. The summed E-state index contributed by atoms with van der Waals surface area (Å²) in [5.41, 5.74) is 1.90. The summed E-state index contributed by atoms with van der Waals surface area (Å²) in [6.45, 7) is 0.578. The van der Waals surface area contributed by atoms with Crippen LogP contribution < -0.4 is 10.6 Å². The highest BCUT2D eigenvalue weighted by Crippen LogP contribution is 2.16. The predicted molar refractivity (Wildman–Crippen MR) is 103 cm³/mol. The van der Waals surface area contributed by atoms with Gasteiger partial charge in [0.05, 0.1) is 4.47 Å². The molecule has 0 aliphatic heterocycles. The van der Waals surface area contributed by atoms with Crippen LogP contribution in [0, 0.1) is 5.82 Å². The zero-order valence-electron chi connectivity index (χ0n) is 13.9. The lowest BCUT2D eigenvalue weighted by Gasteiger charge is -2.07. The van der Waals surface area contributed by atoms with Crippen molar-refractivity contribution in [3.8, 4) is 0 Å². The fourth-order valence-electron chi connectivity index (χ4n) is 2.19. The standard InChI is InChI=1S/C18H14BrFN4O2S/c19-13-5-11(1-2-14(13)20)7-21-17(25)15-6-16(24-10-23-15)18(26)22-8-12-3-4-27-9-12/h1-6,9-10H,7-8H2,(H,21,25)(H,22,26). The smallest absolute Gasteiger partial charge is 0.270 e. The van der Waals surface area contributed by atoms with E-state index in [1.165, 1.54) is 18.5 Å². The molecule has 3 rings (SSSR count). The highest BCUT2D eigenvalue weighted by molar-refractivity contribution is 9.10. The van der Waals surface area contributed by atoms with E-state index in [4.69, 9.17) is 0 Å². The summed E-state index contributed by atoms with van der Waals surface area (Å²) >= 11 is 4.65. The van der Waals surface area contributed by atoms with E-state index >= 15 is 0 Å². The van der Waals surface area contributed by atoms with Gasteiger partial charge in [-0.3, -0.25) is 9.59 Å². The molecule has 3 aromatic rings. The van der Waals surface area contributed by atoms with Gasteiger partial charge in [-0.25, -0.2) is 14.4 Å². The van der Waals surface area contributed by atoms with Crippen LogP contribution in [0.2, 0.25) is 0 Å². The van der Waals surface area contributed by atoms with Gasteiger partial charge in [0.2, 0.25) is 0 Å². The monoisotopic (exact) mass is 448 g/mol. The van der Waals surface area contributed by atoms with Gasteiger partial charge in [0.25, 0.3) is 11.8 Å². The molecule has 9 heteroatoms. The summed E-state index contributed by atoms with van der Waals surface area (Å²) < 4.78 is 13.6. The zero-order chi connectivity index (χ0) is 19.2. The van der Waals surface area contributed by atoms with Crippen molar-refractivity contribution >= 4 is 39.1 Å². The van der Waals surface area contributed by atoms with E-state index in [9.17, 15) is 14.0 Å². The molecule has 0 aliphatic carbocycles. The maximum atomic E-state index is 13.2. The van der Waals surface area contributed by atoms with Crippen molar-refractivity contribution in [2.75, 3.05) is 0 Å². The number of halogens is 2. The molecule has 27 heavy (non-hydrogen) atoms. The van der Waals surface area contributed by atoms with E-state index < -0.39 is 5.91 Å². The Morgan fingerprint density at radius 3 is 2.26 bits per heavy atom. The molecule has 0 aliphatic rings. The van der Waals surface area contributed by atoms with E-state index in [1.807, 2.05) is 16.8 Å². The Morgan fingerprint density at radius 2 is 1.67 bits per heavy atom. The molecule has 0 saturated heterocycles. The van der Waals surface area contributed by atoms with Crippen molar-refractivity contribution in [3.05, 3.63) is 80.2 Å². The second kappa shape index (κ2) is 8.83. The SMILES string of the molecule is O=C(NCc1ccsc1)c1cc(C(=O)NCc2ccc(F)c(Br)c2)ncn1. The van der Waals surface area contributed by atoms with Crippen LogP contribution in [0.5, 0.6) is 0 Å². The normalized spacial score (nSPS) is 10.4. The Morgan fingerprint density at radius 1 is 1.00 bits per heavy atom. The molecule has 2 amide bonds. The fourth-order valence-corrected chi connectivity index (χ4v) is 3.29. The largest absolute Gasteiger partial charge is 0.347 e. The molecule has 2 heterocycles. The number of nitrogens with zero attached hydrogens (tertiary/aromatic N) is 2. The number of carbonyl (C=O) groups is 2. The van der Waals surface area contributed by atoms with Gasteiger partial charge in [0.15, 0.2) is 0 Å². The minimum atomic E-state index is -0.454. The second-order valence-corrected chi connectivity index (χ2v) is 7.17. The Labute approximate surface area is 167 Å². The van der Waals surface area contributed by atoms with Gasteiger partial charge in [-0.1, -0.05) is 6.07 Å². The van der Waals surface area contributed by atoms with Gasteiger partial charge in [-0.05, 0) is 56.0 Å². The molecule has 0 atom stereocenters. The van der Waals surface area contributed by atoms with Crippen LogP contribution in [0.15, 0.2) is 51.9 Å². The van der Waals surface area contributed by atoms with Crippen LogP contribution in [0.3, 0.4) is 0 Å². The van der Waals surface area contributed by atoms with Crippen molar-refractivity contribution in [1.29, 1.82) is 0 Å². The Bertz CT molecular complexity index is 966. The van der Waals surface area contributed by atoms with E-state index in [2.05, 4.69) is 36.5 Å². The first-order chi connectivity index (χ1) is 13.0. The first-order valence-electron chi connectivity index (χ1n) is 7.86. The number of hydrogen-bond acceptors (Lipinski definition) is 5. The maximum Gasteiger partial charge on any atom is 0.270 e. The average molecular weight is 449 g/mol. The summed E-state index contributed by atoms with van der Waals surface area (Å²) in [6, 6.07) is 7.71. The molecule has 0 unspecified atom stereocenters. The number of amides is 2. The van der Waals surface area contributed by atoms with Gasteiger partial charge in [0, 0.05) is 19.2 Å². The summed E-state index contributed by atoms with van der Waals surface area (Å²) in [4.78, 5) is 32.3. The fraction of sp³-hybridized carbons (Fsp3) is 0.111. The molecule has 6 nitrogen and oxygen atoms in total. The first kappa shape index (κ1) is 19.1. The van der Waals surface area contributed by atoms with Gasteiger partial charge < -0.3 is 10.6 Å². The number of hydrogen-bond donors (Lipinski definition) is 2. The average Bonchev–Trinajstić information content (AvgIpc) is 3.20. The van der Waals surface area contributed by atoms with E-state index in [-0.39, 0.29) is 29.7 Å². The summed E-state index contributed by atoms with van der Waals surface area (Å²) in [6.07, 6.45) is 1.17. The molecule has 1 aromatic carbocycles. The third-order valence-corrected chi connectivity index (χ3v) is 4.94. The van der Waals surface area contributed by atoms with Crippen LogP contribution in [0.4, 0.5) is 4.39 Å². The second-order valence-electron chi connectivity index (χ2n) is 5.53. The summed E-state index contributed by atoms with van der Waals surface area (Å²) in [5.74, 6) is -1.22. The third kappa shape index (κ3) is 5.18. The highest BCUT2D eigenvalue weighted by Gasteiger charge is 2.13. The van der Waals surface area contributed by atoms with Crippen molar-refractivity contribution in [3.63, 3.8) is 0 Å². The summed E-state index contributed by atoms with van der Waals surface area (Å²) in [5, 5.41) is 9.28. The number of benzene rings is 1. The molecule has 0 fully saturated rings. The maximum absolute atomic E-state index is 13.2. The van der Waals surface area contributed by atoms with Crippen LogP contribution in [-0.2, 0) is 13.1 Å². The first-order valence-corrected chi connectivity index (χ1v) is 9.60. The third-order valence-electron chi connectivity index (χ3n) is 3.60. The van der Waals surface area contributed by atoms with Crippen molar-refractivity contribution in [2.45, 2.75) is 13.1 Å². The predicted octanol–water partition coefficient (Wildman–Crippen LogP) is 3.30. The highest BCUT2D eigenvalue weighted by atomic mass is 79.9. The van der Waals surface area contributed by atoms with E-state index in [1.54, 1.807) is 23.5 Å². The van der Waals surface area contributed by atoms with Gasteiger partial charge in [0.1, 0.15) is 23.5 Å². The van der Waals surface area contributed by atoms with E-state index in [0.29, 0.717) is 11.0 Å². The minimum Gasteiger partial charge on any atom is -0.347 e. The van der Waals surface area contributed by atoms with E-state index in [0.717, 1.165) is 11.1 Å². The molecular formula is C18H14BrFN4O2S. The number of nitrogens with one attached hydrogen (secondary N) is 2. The van der Waals surface area contributed by atoms with Crippen molar-refractivity contribution in [2.24, 2.45) is 0 Å². The molecule has 0 saturated carbocycles. The molecular weight excluding hydrogens is 435 g/mol. The van der Waals surface area contributed by atoms with Gasteiger partial charge in [-0.2, -0.15) is 11.3 Å². The Hall–Kier alpha value is -2.65. The lowest BCUT2D eigenvalue weighted by atomic mass is 10.2. The van der Waals surface area contributed by atoms with Crippen LogP contribution in [-0.4, -0.2) is 21.8 Å². The number of aromatic nitrogens is 2. The van der Waals surface area contributed by atoms with Crippen LogP contribution in [0.1, 0.15) is 32.1 Å². The van der Waals surface area contributed by atoms with Gasteiger partial charge in [-0.15, -0.1) is 0 Å². The number of rotatable bonds is 6. The lowest BCUT2D eigenvalue weighted by Crippen LogP contribution is -2.27. The van der Waals surface area contributed by atoms with Crippen LogP contribution in [0.25, 0.3) is 0 Å². The number of carbonyl (C=O) groups excluding carboxylic acids is 2. The van der Waals surface area contributed by atoms with Crippen LogP contribution >= 0.6 is 27.3 Å². The molecule has 0 bridgehead atoms. The molecule has 2 aromatic heterocycles. The zero-order valence-corrected chi connectivity index (χ0v) is 16.3. The van der Waals surface area contributed by atoms with Crippen molar-refractivity contribution in [1.82, 2.24) is 20.6 Å². The Kier molecular flexibility index (Phi) is 6.25. The molecule has 0 spiro atoms. The summed E-state index contributed by atoms with van der Waals surface area (Å²) in [7, 11) is 0. The number of thiophene rings is 1. The Balaban J connectivity index is 1.60. The quantitative estimate of drug-likeness (QED) is 0.605. The molecule has 2 N–H and O–H groups in total. The van der Waals surface area contributed by atoms with Crippen molar-refractivity contribution < 1.29 is 14.0 Å². The lowest BCUT2D eigenvalue weighted by molar-refractivity contribution is 0.0944. The molecule has 138 valence electrons. The minimum absolute atomic E-state index is 0.0758. The topological polar surface area (TPSA) is 84.0 Å². The van der Waals surface area contributed by atoms with Gasteiger partial charge >= 0.3 is 0 Å².